The zero-order valence-corrected chi connectivity index (χ0v) is 12.2. The van der Waals surface area contributed by atoms with Crippen molar-refractivity contribution in [2.75, 3.05) is 6.54 Å². The van der Waals surface area contributed by atoms with Crippen molar-refractivity contribution in [2.45, 2.75) is 69.1 Å². The molecule has 1 saturated heterocycles. The monoisotopic (exact) mass is 285 g/mol. The van der Waals surface area contributed by atoms with Gasteiger partial charge in [-0.3, -0.25) is 4.79 Å². The van der Waals surface area contributed by atoms with Gasteiger partial charge in [0, 0.05) is 24.9 Å². The first kappa shape index (κ1) is 13.6. The molecule has 108 valence electrons. The predicted molar refractivity (Wildman–Crippen MR) is 73.3 cm³/mol. The van der Waals surface area contributed by atoms with Gasteiger partial charge in [-0.05, 0) is 38.5 Å². The molecule has 0 bridgehead atoms. The van der Waals surface area contributed by atoms with E-state index in [-0.39, 0.29) is 17.2 Å². The van der Waals surface area contributed by atoms with Crippen LogP contribution >= 0.6 is 0 Å². The normalized spacial score (nSPS) is 34.4. The molecule has 1 heterocycles. The molecule has 3 rings (SSSR count). The minimum absolute atomic E-state index is 0.0151. The third kappa shape index (κ3) is 2.35. The van der Waals surface area contributed by atoms with E-state index >= 15 is 0 Å². The van der Waals surface area contributed by atoms with Crippen molar-refractivity contribution in [2.24, 2.45) is 5.92 Å². The Morgan fingerprint density at radius 3 is 2.32 bits per heavy atom. The van der Waals surface area contributed by atoms with Gasteiger partial charge in [0.1, 0.15) is 5.78 Å². The van der Waals surface area contributed by atoms with E-state index < -0.39 is 10.0 Å². The molecule has 2 aliphatic carbocycles. The fourth-order valence-corrected chi connectivity index (χ4v) is 6.44. The summed E-state index contributed by atoms with van der Waals surface area (Å²) in [4.78, 5) is 11.9. The lowest BCUT2D eigenvalue weighted by atomic mass is 9.96. The van der Waals surface area contributed by atoms with Crippen LogP contribution in [0.2, 0.25) is 0 Å². The van der Waals surface area contributed by atoms with Crippen LogP contribution in [0.15, 0.2) is 0 Å². The predicted octanol–water partition coefficient (Wildman–Crippen LogP) is 2.09. The van der Waals surface area contributed by atoms with Crippen LogP contribution in [0.1, 0.15) is 57.8 Å². The first-order valence-electron chi connectivity index (χ1n) is 7.64. The van der Waals surface area contributed by atoms with Crippen LogP contribution in [0.5, 0.6) is 0 Å². The Hall–Kier alpha value is -0.420. The largest absolute Gasteiger partial charge is 0.299 e. The maximum Gasteiger partial charge on any atom is 0.217 e. The SMILES string of the molecule is O=C1CCCC1C1CCCN1S(=O)(=O)C1CCCC1. The van der Waals surface area contributed by atoms with E-state index in [1.807, 2.05) is 0 Å². The first-order chi connectivity index (χ1) is 9.10. The third-order valence-electron chi connectivity index (χ3n) is 5.11. The highest BCUT2D eigenvalue weighted by molar-refractivity contribution is 7.89. The molecule has 0 aromatic heterocycles. The van der Waals surface area contributed by atoms with Crippen LogP contribution in [0, 0.1) is 5.92 Å². The van der Waals surface area contributed by atoms with Gasteiger partial charge in [0.25, 0.3) is 0 Å². The Kier molecular flexibility index (Phi) is 3.69. The number of ketones is 1. The Morgan fingerprint density at radius 2 is 1.68 bits per heavy atom. The van der Waals surface area contributed by atoms with E-state index in [1.54, 1.807) is 4.31 Å². The quantitative estimate of drug-likeness (QED) is 0.798. The Morgan fingerprint density at radius 1 is 0.947 bits per heavy atom. The Balaban J connectivity index is 1.80. The number of Topliss-reactive ketones (excluding diaryl/α,β-unsaturated/α-hetero) is 1. The Bertz CT molecular complexity index is 453. The zero-order valence-electron chi connectivity index (χ0n) is 11.4. The van der Waals surface area contributed by atoms with E-state index in [1.165, 1.54) is 0 Å². The molecule has 19 heavy (non-hydrogen) atoms. The van der Waals surface area contributed by atoms with E-state index in [4.69, 9.17) is 0 Å². The fraction of sp³-hybridized carbons (Fsp3) is 0.929. The molecule has 0 aromatic rings. The van der Waals surface area contributed by atoms with Crippen LogP contribution in [-0.4, -0.2) is 36.3 Å². The van der Waals surface area contributed by atoms with Gasteiger partial charge in [0.15, 0.2) is 0 Å². The molecule has 3 aliphatic rings. The minimum atomic E-state index is -3.17. The number of rotatable bonds is 3. The molecule has 0 aromatic carbocycles. The van der Waals surface area contributed by atoms with Gasteiger partial charge in [0.2, 0.25) is 10.0 Å². The molecule has 1 aliphatic heterocycles. The molecule has 2 saturated carbocycles. The average Bonchev–Trinajstić information content (AvgIpc) is 3.10. The molecule has 2 atom stereocenters. The Labute approximate surface area is 115 Å². The fourth-order valence-electron chi connectivity index (χ4n) is 4.11. The van der Waals surface area contributed by atoms with Gasteiger partial charge in [-0.15, -0.1) is 0 Å². The second-order valence-corrected chi connectivity index (χ2v) is 8.40. The summed E-state index contributed by atoms with van der Waals surface area (Å²) in [5, 5.41) is -0.176. The lowest BCUT2D eigenvalue weighted by Gasteiger charge is -2.30. The lowest BCUT2D eigenvalue weighted by Crippen LogP contribution is -2.45. The maximum atomic E-state index is 12.7. The van der Waals surface area contributed by atoms with Gasteiger partial charge < -0.3 is 0 Å². The summed E-state index contributed by atoms with van der Waals surface area (Å²) in [6, 6.07) is -0.0272. The molecule has 0 spiro atoms. The minimum Gasteiger partial charge on any atom is -0.299 e. The summed E-state index contributed by atoms with van der Waals surface area (Å²) in [6.45, 7) is 0.632. The van der Waals surface area contributed by atoms with Crippen LogP contribution in [-0.2, 0) is 14.8 Å². The van der Waals surface area contributed by atoms with E-state index in [9.17, 15) is 13.2 Å². The highest BCUT2D eigenvalue weighted by Crippen LogP contribution is 2.37. The number of hydrogen-bond donors (Lipinski definition) is 0. The van der Waals surface area contributed by atoms with Crippen LogP contribution < -0.4 is 0 Å². The molecule has 4 nitrogen and oxygen atoms in total. The molecular formula is C14H23NO3S. The number of carbonyl (C=O) groups is 1. The van der Waals surface area contributed by atoms with Crippen molar-refractivity contribution < 1.29 is 13.2 Å². The smallest absolute Gasteiger partial charge is 0.217 e. The van der Waals surface area contributed by atoms with Crippen molar-refractivity contribution in [3.8, 4) is 0 Å². The van der Waals surface area contributed by atoms with Gasteiger partial charge in [0.05, 0.1) is 5.25 Å². The lowest BCUT2D eigenvalue weighted by molar-refractivity contribution is -0.121. The average molecular weight is 285 g/mol. The molecule has 5 heteroatoms. The highest BCUT2D eigenvalue weighted by atomic mass is 32.2. The molecule has 2 unspecified atom stereocenters. The van der Waals surface area contributed by atoms with Gasteiger partial charge in [-0.25, -0.2) is 8.42 Å². The van der Waals surface area contributed by atoms with Crippen molar-refractivity contribution in [1.29, 1.82) is 0 Å². The maximum absolute atomic E-state index is 12.7. The molecule has 0 radical (unpaired) electrons. The highest BCUT2D eigenvalue weighted by Gasteiger charge is 2.45. The van der Waals surface area contributed by atoms with Crippen molar-refractivity contribution >= 4 is 15.8 Å². The molecule has 0 N–H and O–H groups in total. The summed E-state index contributed by atoms with van der Waals surface area (Å²) in [5.74, 6) is 0.275. The van der Waals surface area contributed by atoms with E-state index in [2.05, 4.69) is 0 Å². The molecular weight excluding hydrogens is 262 g/mol. The standard InChI is InChI=1S/C14H23NO3S/c16-14-9-3-7-12(14)13-8-4-10-15(13)19(17,18)11-5-1-2-6-11/h11-13H,1-10H2. The number of sulfonamides is 1. The topological polar surface area (TPSA) is 54.5 Å². The van der Waals surface area contributed by atoms with Gasteiger partial charge >= 0.3 is 0 Å². The number of carbonyl (C=O) groups excluding carboxylic acids is 1. The number of hydrogen-bond acceptors (Lipinski definition) is 3. The van der Waals surface area contributed by atoms with Gasteiger partial charge in [-0.1, -0.05) is 12.8 Å². The summed E-state index contributed by atoms with van der Waals surface area (Å²) in [5.41, 5.74) is 0. The van der Waals surface area contributed by atoms with Crippen molar-refractivity contribution in [3.63, 3.8) is 0 Å². The van der Waals surface area contributed by atoms with Crippen molar-refractivity contribution in [1.82, 2.24) is 4.31 Å². The second kappa shape index (κ2) is 5.17. The summed E-state index contributed by atoms with van der Waals surface area (Å²) in [7, 11) is -3.17. The number of nitrogens with zero attached hydrogens (tertiary/aromatic N) is 1. The van der Waals surface area contributed by atoms with E-state index in [0.717, 1.165) is 51.4 Å². The zero-order chi connectivity index (χ0) is 13.5. The van der Waals surface area contributed by atoms with Crippen LogP contribution in [0.4, 0.5) is 0 Å². The van der Waals surface area contributed by atoms with Crippen molar-refractivity contribution in [3.05, 3.63) is 0 Å². The molecule has 3 fully saturated rings. The van der Waals surface area contributed by atoms with Gasteiger partial charge in [-0.2, -0.15) is 4.31 Å². The van der Waals surface area contributed by atoms with E-state index in [0.29, 0.717) is 18.7 Å². The third-order valence-corrected chi connectivity index (χ3v) is 7.54. The summed E-state index contributed by atoms with van der Waals surface area (Å²) < 4.78 is 27.2. The summed E-state index contributed by atoms with van der Waals surface area (Å²) in [6.07, 6.45) is 7.96. The second-order valence-electron chi connectivity index (χ2n) is 6.24. The van der Waals surface area contributed by atoms with Crippen LogP contribution in [0.3, 0.4) is 0 Å². The first-order valence-corrected chi connectivity index (χ1v) is 9.14. The van der Waals surface area contributed by atoms with Crippen LogP contribution in [0.25, 0.3) is 0 Å². The summed E-state index contributed by atoms with van der Waals surface area (Å²) >= 11 is 0. The molecule has 0 amide bonds.